The van der Waals surface area contributed by atoms with Gasteiger partial charge in [0, 0.05) is 42.0 Å². The van der Waals surface area contributed by atoms with Gasteiger partial charge in [0.15, 0.2) is 17.9 Å². The predicted molar refractivity (Wildman–Crippen MR) is 132 cm³/mol. The lowest BCUT2D eigenvalue weighted by Crippen LogP contribution is -3.00. The van der Waals surface area contributed by atoms with Crippen LogP contribution in [0.1, 0.15) is 68.8 Å². The maximum absolute atomic E-state index is 13.6. The summed E-state index contributed by atoms with van der Waals surface area (Å²) < 4.78 is 17.0. The number of aliphatic hydroxyl groups excluding tert-OH is 2. The van der Waals surface area contributed by atoms with Gasteiger partial charge in [-0.3, -0.25) is 14.4 Å². The lowest BCUT2D eigenvalue weighted by Gasteiger charge is -2.42. The second-order valence-electron chi connectivity index (χ2n) is 10.2. The smallest absolute Gasteiger partial charge is 0.202 e. The zero-order chi connectivity index (χ0) is 28.4. The van der Waals surface area contributed by atoms with Crippen molar-refractivity contribution in [2.75, 3.05) is 13.7 Å². The van der Waals surface area contributed by atoms with E-state index < -0.39 is 95.7 Å². The SMILES string of the molecule is COc1cccc2c1C(=O)c1c(O)c3c(c(O)c1C2=O)C[C@@](O)(C(=O)CO)C[C@@H]3OC1CC(N)C(O)C(C)O1.[Cl-]. The molecule has 0 radical (unpaired) electrons. The fourth-order valence-corrected chi connectivity index (χ4v) is 5.75. The second kappa shape index (κ2) is 10.7. The molecule has 6 atom stereocenters. The van der Waals surface area contributed by atoms with Crippen LogP contribution in [0.25, 0.3) is 0 Å². The van der Waals surface area contributed by atoms with E-state index in [9.17, 15) is 39.9 Å². The molecule has 0 saturated carbocycles. The summed E-state index contributed by atoms with van der Waals surface area (Å²) >= 11 is 0. The molecule has 216 valence electrons. The van der Waals surface area contributed by atoms with Crippen molar-refractivity contribution in [3.8, 4) is 17.2 Å². The molecule has 4 unspecified atom stereocenters. The zero-order valence-electron chi connectivity index (χ0n) is 21.6. The molecular weight excluding hydrogens is 550 g/mol. The van der Waals surface area contributed by atoms with Crippen LogP contribution >= 0.6 is 0 Å². The Morgan fingerprint density at radius 1 is 1.15 bits per heavy atom. The molecule has 1 heterocycles. The number of methoxy groups -OCH3 is 1. The van der Waals surface area contributed by atoms with Crippen molar-refractivity contribution in [2.24, 2.45) is 5.73 Å². The highest BCUT2D eigenvalue weighted by Crippen LogP contribution is 2.52. The highest BCUT2D eigenvalue weighted by atomic mass is 35.5. The minimum absolute atomic E-state index is 0. The van der Waals surface area contributed by atoms with Crippen molar-refractivity contribution >= 4 is 17.3 Å². The standard InChI is InChI=1S/C27H29NO11.ClH/c1-10-22(31)13(28)6-17(38-10)39-15-8-27(36,16(30)9-29)7-12-19(15)26(35)21-20(24(12)33)23(32)11-4-3-5-14(37-2)18(11)25(21)34;/h3-5,10,13,15,17,22,29,31,33,35-36H,6-9,28H2,1-2H3;1H/p-1/t10?,13?,15-,17?,22?,27-;/m0./s1. The van der Waals surface area contributed by atoms with Crippen molar-refractivity contribution in [2.45, 2.75) is 62.4 Å². The molecule has 13 heteroatoms. The number of aromatic hydroxyl groups is 2. The highest BCUT2D eigenvalue weighted by Gasteiger charge is 2.50. The molecule has 3 aliphatic rings. The molecule has 0 bridgehead atoms. The summed E-state index contributed by atoms with van der Waals surface area (Å²) in [5.74, 6) is -3.77. The quantitative estimate of drug-likeness (QED) is 0.168. The maximum atomic E-state index is 13.6. The number of aliphatic hydroxyl groups is 3. The molecule has 1 saturated heterocycles. The van der Waals surface area contributed by atoms with E-state index in [1.165, 1.54) is 25.3 Å². The van der Waals surface area contributed by atoms with E-state index >= 15 is 0 Å². The normalized spacial score (nSPS) is 29.1. The Bertz CT molecular complexity index is 1380. The molecule has 7 N–H and O–H groups in total. The number of benzene rings is 2. The van der Waals surface area contributed by atoms with Gasteiger partial charge in [0.05, 0.1) is 42.1 Å². The second-order valence-corrected chi connectivity index (χ2v) is 10.2. The first-order chi connectivity index (χ1) is 18.4. The van der Waals surface area contributed by atoms with E-state index in [2.05, 4.69) is 0 Å². The lowest BCUT2D eigenvalue weighted by atomic mass is 9.72. The third-order valence-electron chi connectivity index (χ3n) is 7.81. The average Bonchev–Trinajstić information content (AvgIpc) is 2.90. The van der Waals surface area contributed by atoms with Crippen LogP contribution in [0.15, 0.2) is 18.2 Å². The summed E-state index contributed by atoms with van der Waals surface area (Å²) in [6.07, 6.45) is -5.12. The van der Waals surface area contributed by atoms with Crippen LogP contribution in [-0.2, 0) is 20.7 Å². The number of phenolic OH excluding ortho intramolecular Hbond substituents is 2. The van der Waals surface area contributed by atoms with Gasteiger partial charge in [0.25, 0.3) is 0 Å². The summed E-state index contributed by atoms with van der Waals surface area (Å²) in [6.45, 7) is 0.560. The minimum Gasteiger partial charge on any atom is -1.00 e. The first kappa shape index (κ1) is 29.9. The molecule has 2 aliphatic carbocycles. The van der Waals surface area contributed by atoms with Crippen molar-refractivity contribution in [1.82, 2.24) is 0 Å². The number of fused-ring (bicyclic) bond motifs is 3. The number of ketones is 3. The zero-order valence-corrected chi connectivity index (χ0v) is 22.3. The summed E-state index contributed by atoms with van der Waals surface area (Å²) in [4.78, 5) is 39.7. The van der Waals surface area contributed by atoms with Crippen LogP contribution < -0.4 is 22.9 Å². The summed E-state index contributed by atoms with van der Waals surface area (Å²) in [6, 6.07) is 3.64. The van der Waals surface area contributed by atoms with Crippen molar-refractivity contribution < 1.29 is 66.5 Å². The third-order valence-corrected chi connectivity index (χ3v) is 7.81. The fraction of sp³-hybridized carbons (Fsp3) is 0.444. The van der Waals surface area contributed by atoms with Gasteiger partial charge in [-0.2, -0.15) is 0 Å². The van der Waals surface area contributed by atoms with Crippen LogP contribution in [-0.4, -0.2) is 86.7 Å². The number of carbonyl (C=O) groups is 3. The Labute approximate surface area is 234 Å². The molecule has 0 spiro atoms. The van der Waals surface area contributed by atoms with Crippen LogP contribution in [0.3, 0.4) is 0 Å². The molecule has 0 aromatic heterocycles. The topological polar surface area (TPSA) is 206 Å². The van der Waals surface area contributed by atoms with Gasteiger partial charge in [-0.05, 0) is 13.0 Å². The molecule has 1 fully saturated rings. The monoisotopic (exact) mass is 578 g/mol. The molecule has 12 nitrogen and oxygen atoms in total. The predicted octanol–water partition coefficient (Wildman–Crippen LogP) is -2.99. The van der Waals surface area contributed by atoms with E-state index in [0.717, 1.165) is 0 Å². The van der Waals surface area contributed by atoms with Crippen molar-refractivity contribution in [3.63, 3.8) is 0 Å². The van der Waals surface area contributed by atoms with Gasteiger partial charge < -0.3 is 57.9 Å². The number of phenols is 2. The summed E-state index contributed by atoms with van der Waals surface area (Å²) in [5, 5.41) is 53.7. The Kier molecular flexibility index (Phi) is 8.00. The molecule has 2 aromatic carbocycles. The largest absolute Gasteiger partial charge is 1.00 e. The number of rotatable bonds is 5. The van der Waals surface area contributed by atoms with E-state index in [4.69, 9.17) is 19.9 Å². The summed E-state index contributed by atoms with van der Waals surface area (Å²) in [5.41, 5.74) is 2.37. The van der Waals surface area contributed by atoms with Gasteiger partial charge >= 0.3 is 0 Å². The first-order valence-electron chi connectivity index (χ1n) is 12.4. The van der Waals surface area contributed by atoms with E-state index in [1.54, 1.807) is 6.92 Å². The molecule has 0 amide bonds. The third kappa shape index (κ3) is 4.45. The molecule has 40 heavy (non-hydrogen) atoms. The number of halogens is 1. The Morgan fingerprint density at radius 2 is 1.82 bits per heavy atom. The molecule has 2 aromatic rings. The van der Waals surface area contributed by atoms with Gasteiger partial charge in [-0.15, -0.1) is 0 Å². The van der Waals surface area contributed by atoms with Gasteiger partial charge in [0.1, 0.15) is 29.5 Å². The Hall–Kier alpha value is -3.10. The summed E-state index contributed by atoms with van der Waals surface area (Å²) in [7, 11) is 1.32. The van der Waals surface area contributed by atoms with Crippen molar-refractivity contribution in [3.05, 3.63) is 51.6 Å². The van der Waals surface area contributed by atoms with Gasteiger partial charge in [0.2, 0.25) is 5.78 Å². The Morgan fingerprint density at radius 3 is 2.45 bits per heavy atom. The highest BCUT2D eigenvalue weighted by molar-refractivity contribution is 6.31. The first-order valence-corrected chi connectivity index (χ1v) is 12.4. The van der Waals surface area contributed by atoms with Gasteiger partial charge in [-0.25, -0.2) is 0 Å². The molecule has 5 rings (SSSR count). The number of hydrogen-bond acceptors (Lipinski definition) is 12. The van der Waals surface area contributed by atoms with Crippen molar-refractivity contribution in [1.29, 1.82) is 0 Å². The fourth-order valence-electron chi connectivity index (χ4n) is 5.75. The van der Waals surface area contributed by atoms with E-state index in [-0.39, 0.29) is 46.8 Å². The number of hydrogen-bond donors (Lipinski definition) is 6. The minimum atomic E-state index is -2.24. The Balaban J connectivity index is 0.00000370. The van der Waals surface area contributed by atoms with Crippen LogP contribution in [0.4, 0.5) is 0 Å². The van der Waals surface area contributed by atoms with E-state index in [0.29, 0.717) is 0 Å². The van der Waals surface area contributed by atoms with Gasteiger partial charge in [-0.1, -0.05) is 12.1 Å². The lowest BCUT2D eigenvalue weighted by molar-refractivity contribution is -0.247. The number of carbonyl (C=O) groups excluding carboxylic acids is 3. The number of nitrogens with two attached hydrogens (primary N) is 1. The number of ether oxygens (including phenoxy) is 3. The average molecular weight is 579 g/mol. The molecular formula is C27H29ClNO11-. The van der Waals surface area contributed by atoms with Crippen LogP contribution in [0, 0.1) is 0 Å². The maximum Gasteiger partial charge on any atom is 0.202 e. The molecule has 1 aliphatic heterocycles. The number of Topliss-reactive ketones (excluding diaryl/α,β-unsaturated/α-hetero) is 1. The van der Waals surface area contributed by atoms with E-state index in [1.807, 2.05) is 0 Å². The van der Waals surface area contributed by atoms with Crippen LogP contribution in [0.5, 0.6) is 17.2 Å². The van der Waals surface area contributed by atoms with Crippen LogP contribution in [0.2, 0.25) is 0 Å².